The van der Waals surface area contributed by atoms with Crippen LogP contribution in [-0.4, -0.2) is 24.2 Å². The predicted molar refractivity (Wildman–Crippen MR) is 73.2 cm³/mol. The van der Waals surface area contributed by atoms with Gasteiger partial charge in [0.25, 0.3) is 0 Å². The van der Waals surface area contributed by atoms with Crippen LogP contribution in [0.3, 0.4) is 0 Å². The summed E-state index contributed by atoms with van der Waals surface area (Å²) in [6.07, 6.45) is 9.31. The molecule has 0 aromatic carbocycles. The van der Waals surface area contributed by atoms with Crippen LogP contribution in [0, 0.1) is 0 Å². The van der Waals surface area contributed by atoms with Crippen molar-refractivity contribution in [2.45, 2.75) is 51.0 Å². The molecular weight excluding hydrogens is 224 g/mol. The van der Waals surface area contributed by atoms with Crippen LogP contribution in [0.4, 0.5) is 5.82 Å². The van der Waals surface area contributed by atoms with Gasteiger partial charge in [0.15, 0.2) is 0 Å². The fourth-order valence-electron chi connectivity index (χ4n) is 2.95. The summed E-state index contributed by atoms with van der Waals surface area (Å²) in [6.45, 7) is 2.28. The normalized spacial score (nSPS) is 21.2. The van der Waals surface area contributed by atoms with Gasteiger partial charge in [0.05, 0.1) is 0 Å². The van der Waals surface area contributed by atoms with Crippen molar-refractivity contribution in [2.24, 2.45) is 0 Å². The Morgan fingerprint density at radius 3 is 2.56 bits per heavy atom. The number of aromatic nitrogens is 1. The standard InChI is InChI=1S/C15H22N2O/c1-2-7-13(8-3-1)18-15-10-6-9-14(16-15)17-11-4-5-12-17/h6,9-10,13H,1-5,7-8,11-12H2. The first kappa shape index (κ1) is 11.8. The van der Waals surface area contributed by atoms with Crippen molar-refractivity contribution >= 4 is 5.82 Å². The molecule has 2 heterocycles. The number of nitrogens with zero attached hydrogens (tertiary/aromatic N) is 2. The molecule has 3 heteroatoms. The SMILES string of the molecule is c1cc(OC2CCCCC2)nc(N2CCCC2)c1. The van der Waals surface area contributed by atoms with Crippen LogP contribution in [0.15, 0.2) is 18.2 Å². The molecule has 2 fully saturated rings. The summed E-state index contributed by atoms with van der Waals surface area (Å²) < 4.78 is 6.02. The van der Waals surface area contributed by atoms with Gasteiger partial charge < -0.3 is 9.64 Å². The molecule has 1 aromatic heterocycles. The fourth-order valence-corrected chi connectivity index (χ4v) is 2.95. The Labute approximate surface area is 109 Å². The number of hydrogen-bond donors (Lipinski definition) is 0. The lowest BCUT2D eigenvalue weighted by Gasteiger charge is -2.23. The topological polar surface area (TPSA) is 25.4 Å². The first-order chi connectivity index (χ1) is 8.92. The molecule has 3 rings (SSSR count). The summed E-state index contributed by atoms with van der Waals surface area (Å²) in [5, 5.41) is 0. The number of hydrogen-bond acceptors (Lipinski definition) is 3. The van der Waals surface area contributed by atoms with E-state index in [9.17, 15) is 0 Å². The average Bonchev–Trinajstić information content (AvgIpc) is 2.94. The van der Waals surface area contributed by atoms with Crippen LogP contribution in [0.25, 0.3) is 0 Å². The second-order valence-corrected chi connectivity index (χ2v) is 5.41. The molecule has 0 atom stereocenters. The van der Waals surface area contributed by atoms with Crippen molar-refractivity contribution in [2.75, 3.05) is 18.0 Å². The predicted octanol–water partition coefficient (Wildman–Crippen LogP) is 3.39. The van der Waals surface area contributed by atoms with E-state index in [4.69, 9.17) is 4.74 Å². The minimum Gasteiger partial charge on any atom is -0.474 e. The molecule has 3 nitrogen and oxygen atoms in total. The summed E-state index contributed by atoms with van der Waals surface area (Å²) in [4.78, 5) is 7.01. The Morgan fingerprint density at radius 1 is 1.00 bits per heavy atom. The van der Waals surface area contributed by atoms with Crippen molar-refractivity contribution < 1.29 is 4.74 Å². The van der Waals surface area contributed by atoms with Gasteiger partial charge in [0.1, 0.15) is 11.9 Å². The molecule has 98 valence electrons. The highest BCUT2D eigenvalue weighted by Crippen LogP contribution is 2.24. The van der Waals surface area contributed by atoms with Crippen molar-refractivity contribution in [3.8, 4) is 5.88 Å². The highest BCUT2D eigenvalue weighted by Gasteiger charge is 2.17. The Morgan fingerprint density at radius 2 is 1.78 bits per heavy atom. The molecule has 1 aromatic rings. The maximum absolute atomic E-state index is 6.02. The van der Waals surface area contributed by atoms with E-state index in [1.807, 2.05) is 6.07 Å². The molecule has 2 aliphatic rings. The summed E-state index contributed by atoms with van der Waals surface area (Å²) in [7, 11) is 0. The molecule has 1 aliphatic carbocycles. The highest BCUT2D eigenvalue weighted by molar-refractivity contribution is 5.41. The largest absolute Gasteiger partial charge is 0.474 e. The second kappa shape index (κ2) is 5.59. The number of ether oxygens (including phenoxy) is 1. The molecule has 0 spiro atoms. The van der Waals surface area contributed by atoms with Gasteiger partial charge in [-0.1, -0.05) is 12.5 Å². The molecule has 1 aliphatic heterocycles. The summed E-state index contributed by atoms with van der Waals surface area (Å²) >= 11 is 0. The fraction of sp³-hybridized carbons (Fsp3) is 0.667. The second-order valence-electron chi connectivity index (χ2n) is 5.41. The molecule has 0 radical (unpaired) electrons. The van der Waals surface area contributed by atoms with Gasteiger partial charge in [0, 0.05) is 19.2 Å². The van der Waals surface area contributed by atoms with Crippen LogP contribution in [0.1, 0.15) is 44.9 Å². The Hall–Kier alpha value is -1.25. The third-order valence-electron chi connectivity index (χ3n) is 3.98. The molecule has 0 amide bonds. The molecule has 0 bridgehead atoms. The first-order valence-electron chi connectivity index (χ1n) is 7.30. The van der Waals surface area contributed by atoms with E-state index < -0.39 is 0 Å². The third-order valence-corrected chi connectivity index (χ3v) is 3.98. The number of rotatable bonds is 3. The van der Waals surface area contributed by atoms with Gasteiger partial charge in [-0.15, -0.1) is 0 Å². The van der Waals surface area contributed by atoms with Crippen LogP contribution in [-0.2, 0) is 0 Å². The minimum absolute atomic E-state index is 0.389. The van der Waals surface area contributed by atoms with Gasteiger partial charge in [0.2, 0.25) is 5.88 Å². The maximum atomic E-state index is 6.02. The number of anilines is 1. The van der Waals surface area contributed by atoms with E-state index in [1.54, 1.807) is 0 Å². The Balaban J connectivity index is 1.66. The van der Waals surface area contributed by atoms with E-state index in [-0.39, 0.29) is 0 Å². The quantitative estimate of drug-likeness (QED) is 0.817. The van der Waals surface area contributed by atoms with E-state index in [0.29, 0.717) is 6.10 Å². The zero-order valence-electron chi connectivity index (χ0n) is 11.0. The minimum atomic E-state index is 0.389. The molecule has 18 heavy (non-hydrogen) atoms. The van der Waals surface area contributed by atoms with E-state index in [1.165, 1.54) is 44.9 Å². The van der Waals surface area contributed by atoms with Crippen molar-refractivity contribution in [1.82, 2.24) is 4.98 Å². The van der Waals surface area contributed by atoms with Gasteiger partial charge in [-0.05, 0) is 44.6 Å². The van der Waals surface area contributed by atoms with E-state index in [0.717, 1.165) is 24.8 Å². The molecule has 1 saturated carbocycles. The monoisotopic (exact) mass is 246 g/mol. The summed E-state index contributed by atoms with van der Waals surface area (Å²) in [5.74, 6) is 1.90. The van der Waals surface area contributed by atoms with Gasteiger partial charge in [-0.25, -0.2) is 0 Å². The van der Waals surface area contributed by atoms with E-state index >= 15 is 0 Å². The lowest BCUT2D eigenvalue weighted by Crippen LogP contribution is -2.22. The zero-order valence-corrected chi connectivity index (χ0v) is 11.0. The van der Waals surface area contributed by atoms with Crippen LogP contribution < -0.4 is 9.64 Å². The molecular formula is C15H22N2O. The maximum Gasteiger partial charge on any atom is 0.215 e. The summed E-state index contributed by atoms with van der Waals surface area (Å²) in [6, 6.07) is 6.16. The number of pyridine rings is 1. The average molecular weight is 246 g/mol. The summed E-state index contributed by atoms with van der Waals surface area (Å²) in [5.41, 5.74) is 0. The highest BCUT2D eigenvalue weighted by atomic mass is 16.5. The molecule has 1 saturated heterocycles. The molecule has 0 unspecified atom stereocenters. The lowest BCUT2D eigenvalue weighted by molar-refractivity contribution is 0.149. The van der Waals surface area contributed by atoms with Crippen LogP contribution in [0.2, 0.25) is 0 Å². The Kier molecular flexibility index (Phi) is 3.67. The molecule has 0 N–H and O–H groups in total. The van der Waals surface area contributed by atoms with Crippen molar-refractivity contribution in [3.63, 3.8) is 0 Å². The smallest absolute Gasteiger partial charge is 0.215 e. The first-order valence-corrected chi connectivity index (χ1v) is 7.30. The van der Waals surface area contributed by atoms with Crippen molar-refractivity contribution in [1.29, 1.82) is 0 Å². The van der Waals surface area contributed by atoms with Gasteiger partial charge in [-0.2, -0.15) is 4.98 Å². The van der Waals surface area contributed by atoms with Crippen molar-refractivity contribution in [3.05, 3.63) is 18.2 Å². The lowest BCUT2D eigenvalue weighted by atomic mass is 9.98. The van der Waals surface area contributed by atoms with Crippen LogP contribution >= 0.6 is 0 Å². The van der Waals surface area contributed by atoms with Crippen LogP contribution in [0.5, 0.6) is 5.88 Å². The van der Waals surface area contributed by atoms with Gasteiger partial charge >= 0.3 is 0 Å². The zero-order chi connectivity index (χ0) is 12.2. The third kappa shape index (κ3) is 2.77. The van der Waals surface area contributed by atoms with E-state index in [2.05, 4.69) is 22.0 Å². The van der Waals surface area contributed by atoms with Gasteiger partial charge in [-0.3, -0.25) is 0 Å². The Bertz CT molecular complexity index is 382.